The van der Waals surface area contributed by atoms with Crippen LogP contribution in [0.2, 0.25) is 0 Å². The quantitative estimate of drug-likeness (QED) is 0.354. The van der Waals surface area contributed by atoms with Crippen molar-refractivity contribution >= 4 is 33.0 Å². The molecule has 37 heavy (non-hydrogen) atoms. The third-order valence-corrected chi connectivity index (χ3v) is 7.39. The predicted octanol–water partition coefficient (Wildman–Crippen LogP) is 5.12. The molecular formula is C26H26F3N3O4S. The Bertz CT molecular complexity index is 1380. The second-order valence-corrected chi connectivity index (χ2v) is 10.1. The fourth-order valence-electron chi connectivity index (χ4n) is 3.47. The van der Waals surface area contributed by atoms with Crippen molar-refractivity contribution < 1.29 is 31.2 Å². The monoisotopic (exact) mass is 533 g/mol. The SMILES string of the molecule is CCC(C)NC(=O)c1ccccc1NC(=O)CNc1cccc(C(F)(F)F)c1S(=O)(=O)c1ccccc1. The number of halogens is 3. The molecule has 1 unspecified atom stereocenters. The number of rotatable bonds is 9. The number of nitrogens with one attached hydrogen (secondary N) is 3. The van der Waals surface area contributed by atoms with Gasteiger partial charge in [-0.3, -0.25) is 9.59 Å². The van der Waals surface area contributed by atoms with E-state index >= 15 is 0 Å². The summed E-state index contributed by atoms with van der Waals surface area (Å²) in [7, 11) is -4.59. The average molecular weight is 534 g/mol. The molecule has 0 saturated carbocycles. The Morgan fingerprint density at radius 2 is 1.51 bits per heavy atom. The van der Waals surface area contributed by atoms with E-state index in [1.807, 2.05) is 13.8 Å². The molecule has 3 N–H and O–H groups in total. The van der Waals surface area contributed by atoms with Crippen LogP contribution in [0, 0.1) is 0 Å². The Morgan fingerprint density at radius 1 is 0.892 bits per heavy atom. The highest BCUT2D eigenvalue weighted by molar-refractivity contribution is 7.91. The van der Waals surface area contributed by atoms with Crippen molar-refractivity contribution in [1.82, 2.24) is 5.32 Å². The third kappa shape index (κ3) is 6.67. The van der Waals surface area contributed by atoms with E-state index in [4.69, 9.17) is 0 Å². The maximum absolute atomic E-state index is 13.8. The smallest absolute Gasteiger partial charge is 0.375 e. The van der Waals surface area contributed by atoms with Crippen molar-refractivity contribution in [2.45, 2.75) is 42.3 Å². The molecule has 7 nitrogen and oxygen atoms in total. The second-order valence-electron chi connectivity index (χ2n) is 8.23. The van der Waals surface area contributed by atoms with Crippen molar-refractivity contribution in [3.05, 3.63) is 83.9 Å². The van der Waals surface area contributed by atoms with Crippen molar-refractivity contribution in [1.29, 1.82) is 0 Å². The fourth-order valence-corrected chi connectivity index (χ4v) is 5.12. The lowest BCUT2D eigenvalue weighted by atomic mass is 10.1. The van der Waals surface area contributed by atoms with E-state index < -0.39 is 44.8 Å². The van der Waals surface area contributed by atoms with Crippen molar-refractivity contribution in [3.8, 4) is 0 Å². The number of benzene rings is 3. The van der Waals surface area contributed by atoms with Gasteiger partial charge in [0, 0.05) is 6.04 Å². The van der Waals surface area contributed by atoms with E-state index in [9.17, 15) is 31.2 Å². The molecule has 2 amide bonds. The Labute approximate surface area is 213 Å². The zero-order valence-corrected chi connectivity index (χ0v) is 20.9. The molecule has 3 aromatic rings. The van der Waals surface area contributed by atoms with E-state index in [-0.39, 0.29) is 27.9 Å². The standard InChI is InChI=1S/C26H26F3N3O4S/c1-3-17(2)31-25(34)19-12-7-8-14-21(19)32-23(33)16-30-22-15-9-13-20(26(27,28)29)24(22)37(35,36)18-10-5-4-6-11-18/h4-15,17,30H,3,16H2,1-2H3,(H,31,34)(H,32,33). The molecule has 0 fully saturated rings. The minimum Gasteiger partial charge on any atom is -0.375 e. The molecule has 0 saturated heterocycles. The molecule has 196 valence electrons. The van der Waals surface area contributed by atoms with Gasteiger partial charge in [-0.2, -0.15) is 13.2 Å². The first-order chi connectivity index (χ1) is 17.4. The number of amides is 2. The number of sulfone groups is 1. The minimum absolute atomic E-state index is 0.0937. The molecule has 0 aliphatic carbocycles. The zero-order valence-electron chi connectivity index (χ0n) is 20.1. The summed E-state index contributed by atoms with van der Waals surface area (Å²) in [6, 6.07) is 15.8. The van der Waals surface area contributed by atoms with Crippen LogP contribution in [0.4, 0.5) is 24.5 Å². The van der Waals surface area contributed by atoms with E-state index in [2.05, 4.69) is 16.0 Å². The van der Waals surface area contributed by atoms with Crippen molar-refractivity contribution in [2.24, 2.45) is 0 Å². The Hall–Kier alpha value is -3.86. The van der Waals surface area contributed by atoms with Gasteiger partial charge in [0.2, 0.25) is 15.7 Å². The molecule has 3 rings (SSSR count). The number of alkyl halides is 3. The van der Waals surface area contributed by atoms with Crippen LogP contribution in [0.15, 0.2) is 82.6 Å². The van der Waals surface area contributed by atoms with Crippen LogP contribution in [-0.4, -0.2) is 32.8 Å². The molecule has 0 bridgehead atoms. The number of anilines is 2. The Balaban J connectivity index is 1.88. The first-order valence-electron chi connectivity index (χ1n) is 11.4. The number of carbonyl (C=O) groups is 2. The van der Waals surface area contributed by atoms with Crippen LogP contribution in [0.3, 0.4) is 0 Å². The summed E-state index contributed by atoms with van der Waals surface area (Å²) in [6.45, 7) is 3.18. The van der Waals surface area contributed by atoms with Crippen LogP contribution in [0.25, 0.3) is 0 Å². The highest BCUT2D eigenvalue weighted by Crippen LogP contribution is 2.40. The lowest BCUT2D eigenvalue weighted by Gasteiger charge is -2.18. The van der Waals surface area contributed by atoms with Gasteiger partial charge in [-0.05, 0) is 49.7 Å². The lowest BCUT2D eigenvalue weighted by Crippen LogP contribution is -2.33. The van der Waals surface area contributed by atoms with Crippen LogP contribution in [-0.2, 0) is 20.8 Å². The normalized spacial score (nSPS) is 12.5. The molecule has 0 heterocycles. The second kappa shape index (κ2) is 11.5. The molecular weight excluding hydrogens is 507 g/mol. The summed E-state index contributed by atoms with van der Waals surface area (Å²) < 4.78 is 67.8. The maximum Gasteiger partial charge on any atom is 0.417 e. The largest absolute Gasteiger partial charge is 0.417 e. The summed E-state index contributed by atoms with van der Waals surface area (Å²) >= 11 is 0. The van der Waals surface area contributed by atoms with E-state index in [1.165, 1.54) is 36.4 Å². The Morgan fingerprint density at radius 3 is 2.16 bits per heavy atom. The Kier molecular flexibility index (Phi) is 8.59. The summed E-state index contributed by atoms with van der Waals surface area (Å²) in [6.07, 6.45) is -4.26. The minimum atomic E-state index is -4.96. The molecule has 11 heteroatoms. The van der Waals surface area contributed by atoms with Gasteiger partial charge in [0.05, 0.1) is 33.9 Å². The van der Waals surface area contributed by atoms with E-state index in [0.717, 1.165) is 12.1 Å². The molecule has 0 radical (unpaired) electrons. The highest BCUT2D eigenvalue weighted by Gasteiger charge is 2.39. The van der Waals surface area contributed by atoms with Gasteiger partial charge in [-0.15, -0.1) is 0 Å². The van der Waals surface area contributed by atoms with Gasteiger partial charge in [-0.25, -0.2) is 8.42 Å². The lowest BCUT2D eigenvalue weighted by molar-refractivity contribution is -0.139. The molecule has 0 aromatic heterocycles. The summed E-state index contributed by atoms with van der Waals surface area (Å²) in [4.78, 5) is 23.9. The van der Waals surface area contributed by atoms with Gasteiger partial charge >= 0.3 is 6.18 Å². The van der Waals surface area contributed by atoms with Gasteiger partial charge < -0.3 is 16.0 Å². The summed E-state index contributed by atoms with van der Waals surface area (Å²) in [5, 5.41) is 7.87. The van der Waals surface area contributed by atoms with Crippen molar-refractivity contribution in [2.75, 3.05) is 17.2 Å². The number of hydrogen-bond acceptors (Lipinski definition) is 5. The van der Waals surface area contributed by atoms with E-state index in [0.29, 0.717) is 12.5 Å². The molecule has 0 spiro atoms. The van der Waals surface area contributed by atoms with Crippen LogP contribution in [0.1, 0.15) is 36.2 Å². The topological polar surface area (TPSA) is 104 Å². The fraction of sp³-hybridized carbons (Fsp3) is 0.231. The predicted molar refractivity (Wildman–Crippen MR) is 134 cm³/mol. The molecule has 0 aliphatic rings. The van der Waals surface area contributed by atoms with Gasteiger partial charge in [0.25, 0.3) is 5.91 Å². The van der Waals surface area contributed by atoms with E-state index in [1.54, 1.807) is 18.2 Å². The van der Waals surface area contributed by atoms with Crippen LogP contribution in [0.5, 0.6) is 0 Å². The van der Waals surface area contributed by atoms with Gasteiger partial charge in [-0.1, -0.05) is 43.3 Å². The van der Waals surface area contributed by atoms with Crippen molar-refractivity contribution in [3.63, 3.8) is 0 Å². The average Bonchev–Trinajstić information content (AvgIpc) is 2.87. The molecule has 1 atom stereocenters. The van der Waals surface area contributed by atoms with Gasteiger partial charge in [0.15, 0.2) is 0 Å². The first kappa shape index (κ1) is 27.7. The zero-order chi connectivity index (χ0) is 27.2. The van der Waals surface area contributed by atoms with Crippen LogP contribution < -0.4 is 16.0 Å². The number of para-hydroxylation sites is 1. The molecule has 3 aromatic carbocycles. The number of hydrogen-bond donors (Lipinski definition) is 3. The maximum atomic E-state index is 13.8. The highest BCUT2D eigenvalue weighted by atomic mass is 32.2. The summed E-state index contributed by atoms with van der Waals surface area (Å²) in [5.74, 6) is -1.09. The summed E-state index contributed by atoms with van der Waals surface area (Å²) in [5.41, 5.74) is -1.32. The third-order valence-electron chi connectivity index (χ3n) is 5.52. The van der Waals surface area contributed by atoms with Crippen LogP contribution >= 0.6 is 0 Å². The number of carbonyl (C=O) groups excluding carboxylic acids is 2. The first-order valence-corrected chi connectivity index (χ1v) is 12.9. The molecule has 0 aliphatic heterocycles. The van der Waals surface area contributed by atoms with Gasteiger partial charge in [0.1, 0.15) is 4.90 Å².